The van der Waals surface area contributed by atoms with Crippen LogP contribution in [0.25, 0.3) is 34.4 Å². The summed E-state index contributed by atoms with van der Waals surface area (Å²) in [5.74, 6) is 0. The van der Waals surface area contributed by atoms with Gasteiger partial charge in [0, 0.05) is 0 Å². The Balaban J connectivity index is 1.43. The summed E-state index contributed by atoms with van der Waals surface area (Å²) in [6.45, 7) is 4.26. The zero-order valence-corrected chi connectivity index (χ0v) is 23.9. The highest BCUT2D eigenvalue weighted by atomic mass is 14.1. The van der Waals surface area contributed by atoms with Crippen LogP contribution in [0.1, 0.15) is 48.1 Å². The summed E-state index contributed by atoms with van der Waals surface area (Å²) in [5.41, 5.74) is 12.2. The number of hydrogen-bond acceptors (Lipinski definition) is 0. The van der Waals surface area contributed by atoms with E-state index in [9.17, 15) is 0 Å². The molecule has 0 fully saturated rings. The molecule has 0 aliphatic heterocycles. The van der Waals surface area contributed by atoms with Gasteiger partial charge in [0.1, 0.15) is 0 Å². The van der Waals surface area contributed by atoms with Crippen LogP contribution in [-0.2, 0) is 0 Å². The van der Waals surface area contributed by atoms with Crippen molar-refractivity contribution in [2.24, 2.45) is 0 Å². The van der Waals surface area contributed by atoms with Crippen molar-refractivity contribution in [1.29, 1.82) is 0 Å². The average Bonchev–Trinajstić information content (AvgIpc) is 3.04. The number of hydrogen-bond donors (Lipinski definition) is 0. The Kier molecular flexibility index (Phi) is 9.38. The Morgan fingerprint density at radius 2 is 0.951 bits per heavy atom. The Morgan fingerprint density at radius 1 is 0.512 bits per heavy atom. The van der Waals surface area contributed by atoms with E-state index in [1.54, 1.807) is 0 Å². The Morgan fingerprint density at radius 3 is 1.39 bits per heavy atom. The van der Waals surface area contributed by atoms with E-state index in [1.165, 1.54) is 55.7 Å². The van der Waals surface area contributed by atoms with E-state index in [-0.39, 0.29) is 0 Å². The van der Waals surface area contributed by atoms with E-state index in [1.807, 2.05) is 0 Å². The lowest BCUT2D eigenvalue weighted by Crippen LogP contribution is -1.89. The van der Waals surface area contributed by atoms with Gasteiger partial charge in [-0.25, -0.2) is 0 Å². The largest absolute Gasteiger partial charge is 0.0871 e. The zero-order chi connectivity index (χ0) is 28.3. The lowest BCUT2D eigenvalue weighted by molar-refractivity contribution is 1.21. The van der Waals surface area contributed by atoms with Crippen LogP contribution >= 0.6 is 0 Å². The fourth-order valence-corrected chi connectivity index (χ4v) is 5.06. The molecule has 0 saturated heterocycles. The van der Waals surface area contributed by atoms with E-state index in [0.717, 1.165) is 6.42 Å². The molecule has 0 aliphatic carbocycles. The predicted molar refractivity (Wildman–Crippen MR) is 179 cm³/mol. The van der Waals surface area contributed by atoms with Crippen LogP contribution in [0.2, 0.25) is 0 Å². The standard InChI is InChI=1S/C41H36/c1-3-14-36(15-4-2)40(37-16-8-5-9-17-37)30-32-22-26-34(27-23-32)35-28-24-33(25-29-35)31-41(38-18-10-6-11-19-38)39-20-12-7-13-21-39/h3,5-31H,4H2,1-2H3/b14-3-,36-15+,40-30?. The highest BCUT2D eigenvalue weighted by Crippen LogP contribution is 2.30. The SMILES string of the molecule is C/C=C\C(=C/CC)C(=Cc1ccc(-c2ccc(C=C(c3ccccc3)c3ccccc3)cc2)cc1)c1ccccc1. The molecule has 0 saturated carbocycles. The normalized spacial score (nSPS) is 12.0. The van der Waals surface area contributed by atoms with Gasteiger partial charge in [-0.2, -0.15) is 0 Å². The third-order valence-corrected chi connectivity index (χ3v) is 7.11. The number of rotatable bonds is 9. The summed E-state index contributed by atoms with van der Waals surface area (Å²) in [7, 11) is 0. The quantitative estimate of drug-likeness (QED) is 0.132. The Labute approximate surface area is 245 Å². The average molecular weight is 529 g/mol. The second kappa shape index (κ2) is 13.9. The number of benzene rings is 5. The second-order valence-corrected chi connectivity index (χ2v) is 10.0. The van der Waals surface area contributed by atoms with Crippen LogP contribution in [0.15, 0.2) is 163 Å². The fourth-order valence-electron chi connectivity index (χ4n) is 5.06. The molecule has 0 amide bonds. The summed E-state index contributed by atoms with van der Waals surface area (Å²) in [6.07, 6.45) is 12.2. The Hall–Kier alpha value is -4.94. The first kappa shape index (κ1) is 27.6. The van der Waals surface area contributed by atoms with Crippen molar-refractivity contribution in [2.45, 2.75) is 20.3 Å². The van der Waals surface area contributed by atoms with E-state index in [0.29, 0.717) is 0 Å². The van der Waals surface area contributed by atoms with Gasteiger partial charge in [-0.3, -0.25) is 0 Å². The van der Waals surface area contributed by atoms with E-state index < -0.39 is 0 Å². The van der Waals surface area contributed by atoms with Crippen LogP contribution in [0.5, 0.6) is 0 Å². The zero-order valence-electron chi connectivity index (χ0n) is 23.9. The molecule has 0 bridgehead atoms. The molecule has 41 heavy (non-hydrogen) atoms. The molecular formula is C41H36. The van der Waals surface area contributed by atoms with Gasteiger partial charge in [-0.15, -0.1) is 0 Å². The molecule has 5 aromatic rings. The fraction of sp³-hybridized carbons (Fsp3) is 0.0732. The summed E-state index contributed by atoms with van der Waals surface area (Å²) in [6, 6.07) is 49.6. The first-order valence-corrected chi connectivity index (χ1v) is 14.4. The Bertz CT molecular complexity index is 1610. The van der Waals surface area contributed by atoms with Crippen LogP contribution in [0.4, 0.5) is 0 Å². The van der Waals surface area contributed by atoms with Crippen molar-refractivity contribution >= 4 is 23.3 Å². The maximum atomic E-state index is 2.30. The van der Waals surface area contributed by atoms with Crippen LogP contribution in [0, 0.1) is 0 Å². The highest BCUT2D eigenvalue weighted by molar-refractivity contribution is 5.93. The highest BCUT2D eigenvalue weighted by Gasteiger charge is 2.07. The molecule has 0 aromatic heterocycles. The van der Waals surface area contributed by atoms with Crippen molar-refractivity contribution in [1.82, 2.24) is 0 Å². The molecule has 0 spiro atoms. The summed E-state index contributed by atoms with van der Waals surface area (Å²) >= 11 is 0. The van der Waals surface area contributed by atoms with Gasteiger partial charge < -0.3 is 0 Å². The molecule has 0 radical (unpaired) electrons. The van der Waals surface area contributed by atoms with E-state index in [4.69, 9.17) is 0 Å². The third-order valence-electron chi connectivity index (χ3n) is 7.11. The van der Waals surface area contributed by atoms with Gasteiger partial charge in [-0.05, 0) is 81.2 Å². The van der Waals surface area contributed by atoms with E-state index >= 15 is 0 Å². The van der Waals surface area contributed by atoms with Gasteiger partial charge in [-0.1, -0.05) is 165 Å². The first-order chi connectivity index (χ1) is 20.2. The molecule has 0 nitrogen and oxygen atoms in total. The van der Waals surface area contributed by atoms with Crippen molar-refractivity contribution in [3.63, 3.8) is 0 Å². The second-order valence-electron chi connectivity index (χ2n) is 10.0. The molecule has 5 rings (SSSR count). The molecule has 5 aromatic carbocycles. The monoisotopic (exact) mass is 528 g/mol. The van der Waals surface area contributed by atoms with Crippen molar-refractivity contribution in [3.8, 4) is 11.1 Å². The van der Waals surface area contributed by atoms with Crippen LogP contribution in [-0.4, -0.2) is 0 Å². The van der Waals surface area contributed by atoms with Gasteiger partial charge in [0.2, 0.25) is 0 Å². The summed E-state index contributed by atoms with van der Waals surface area (Å²) in [4.78, 5) is 0. The smallest absolute Gasteiger partial charge is 0.0105 e. The molecule has 0 aliphatic rings. The van der Waals surface area contributed by atoms with Crippen molar-refractivity contribution < 1.29 is 0 Å². The molecule has 0 atom stereocenters. The molecule has 0 heterocycles. The minimum atomic E-state index is 0.992. The maximum absolute atomic E-state index is 2.30. The summed E-state index contributed by atoms with van der Waals surface area (Å²) in [5, 5.41) is 0. The molecule has 0 N–H and O–H groups in total. The third kappa shape index (κ3) is 7.18. The van der Waals surface area contributed by atoms with Gasteiger partial charge >= 0.3 is 0 Å². The van der Waals surface area contributed by atoms with Crippen molar-refractivity contribution in [3.05, 3.63) is 191 Å². The van der Waals surface area contributed by atoms with Gasteiger partial charge in [0.05, 0.1) is 0 Å². The minimum absolute atomic E-state index is 0.992. The molecule has 0 heteroatoms. The number of allylic oxidation sites excluding steroid dienone is 5. The lowest BCUT2D eigenvalue weighted by atomic mass is 9.93. The van der Waals surface area contributed by atoms with Crippen molar-refractivity contribution in [2.75, 3.05) is 0 Å². The maximum Gasteiger partial charge on any atom is -0.0105 e. The van der Waals surface area contributed by atoms with Gasteiger partial charge in [0.15, 0.2) is 0 Å². The molecule has 200 valence electrons. The van der Waals surface area contributed by atoms with E-state index in [2.05, 4.69) is 184 Å². The van der Waals surface area contributed by atoms with Crippen LogP contribution in [0.3, 0.4) is 0 Å². The van der Waals surface area contributed by atoms with Crippen LogP contribution < -0.4 is 0 Å². The lowest BCUT2D eigenvalue weighted by Gasteiger charge is -2.11. The summed E-state index contributed by atoms with van der Waals surface area (Å²) < 4.78 is 0. The first-order valence-electron chi connectivity index (χ1n) is 14.4. The molecule has 0 unspecified atom stereocenters. The minimum Gasteiger partial charge on any atom is -0.0871 e. The molecular weight excluding hydrogens is 492 g/mol. The predicted octanol–water partition coefficient (Wildman–Crippen LogP) is 11.4. The van der Waals surface area contributed by atoms with Gasteiger partial charge in [0.25, 0.3) is 0 Å². The topological polar surface area (TPSA) is 0 Å².